The van der Waals surface area contributed by atoms with Gasteiger partial charge in [0.1, 0.15) is 0 Å². The van der Waals surface area contributed by atoms with E-state index in [2.05, 4.69) is 22.0 Å². The highest BCUT2D eigenvalue weighted by Crippen LogP contribution is 2.52. The number of halogens is 1. The van der Waals surface area contributed by atoms with E-state index in [1.54, 1.807) is 18.4 Å². The molecule has 1 aliphatic carbocycles. The van der Waals surface area contributed by atoms with Gasteiger partial charge in [-0.15, -0.1) is 11.3 Å². The van der Waals surface area contributed by atoms with Crippen LogP contribution in [0.25, 0.3) is 0 Å². The number of rotatable bonds is 3. The van der Waals surface area contributed by atoms with Crippen LogP contribution in [0.5, 0.6) is 5.06 Å². The molecule has 0 aromatic carbocycles. The molecule has 0 unspecified atom stereocenters. The van der Waals surface area contributed by atoms with Crippen molar-refractivity contribution in [3.8, 4) is 5.06 Å². The average Bonchev–Trinajstić information content (AvgIpc) is 2.85. The largest absolute Gasteiger partial charge is 0.486 e. The third-order valence-electron chi connectivity index (χ3n) is 2.61. The van der Waals surface area contributed by atoms with Gasteiger partial charge in [-0.2, -0.15) is 0 Å². The predicted molar refractivity (Wildman–Crippen MR) is 58.5 cm³/mol. The van der Waals surface area contributed by atoms with Crippen LogP contribution in [0, 0.1) is 0 Å². The molecule has 1 aliphatic rings. The topological polar surface area (TPSA) is 35.2 Å². The maximum Gasteiger partial charge on any atom is 0.188 e. The molecule has 2 nitrogen and oxygen atoms in total. The monoisotopic (exact) mass is 261 g/mol. The first-order valence-corrected chi connectivity index (χ1v) is 5.87. The van der Waals surface area contributed by atoms with Crippen molar-refractivity contribution in [2.45, 2.75) is 18.3 Å². The summed E-state index contributed by atoms with van der Waals surface area (Å²) >= 11 is 5.18. The lowest BCUT2D eigenvalue weighted by atomic mass is 10.1. The van der Waals surface area contributed by atoms with E-state index in [1.807, 2.05) is 0 Å². The zero-order valence-corrected chi connectivity index (χ0v) is 9.87. The fourth-order valence-electron chi connectivity index (χ4n) is 1.45. The van der Waals surface area contributed by atoms with Crippen LogP contribution in [0.2, 0.25) is 0 Å². The standard InChI is InChI=1S/C9H12BrNOS/c1-12-8-6(10)4-7(13-8)9(5-11)2-3-9/h4H,2-3,5,11H2,1H3. The van der Waals surface area contributed by atoms with Gasteiger partial charge < -0.3 is 10.5 Å². The summed E-state index contributed by atoms with van der Waals surface area (Å²) in [5.41, 5.74) is 6.03. The summed E-state index contributed by atoms with van der Waals surface area (Å²) in [4.78, 5) is 1.36. The number of hydrogen-bond acceptors (Lipinski definition) is 3. The van der Waals surface area contributed by atoms with Crippen molar-refractivity contribution >= 4 is 27.3 Å². The Hall–Kier alpha value is -0.0600. The highest BCUT2D eigenvalue weighted by molar-refractivity contribution is 9.10. The van der Waals surface area contributed by atoms with Crippen molar-refractivity contribution in [2.24, 2.45) is 5.73 Å². The molecule has 0 aliphatic heterocycles. The molecule has 4 heteroatoms. The molecule has 0 spiro atoms. The Kier molecular flexibility index (Phi) is 2.38. The van der Waals surface area contributed by atoms with Crippen molar-refractivity contribution in [3.05, 3.63) is 15.4 Å². The number of thiophene rings is 1. The third kappa shape index (κ3) is 1.51. The number of hydrogen-bond donors (Lipinski definition) is 1. The molecule has 1 fully saturated rings. The van der Waals surface area contributed by atoms with Crippen molar-refractivity contribution in [2.75, 3.05) is 13.7 Å². The molecule has 2 rings (SSSR count). The molecular weight excluding hydrogens is 250 g/mol. The lowest BCUT2D eigenvalue weighted by Gasteiger charge is -2.07. The Morgan fingerprint density at radius 2 is 2.38 bits per heavy atom. The summed E-state index contributed by atoms with van der Waals surface area (Å²) in [6.45, 7) is 0.753. The van der Waals surface area contributed by atoms with Gasteiger partial charge in [0.25, 0.3) is 0 Å². The Morgan fingerprint density at radius 3 is 2.77 bits per heavy atom. The fourth-order valence-corrected chi connectivity index (χ4v) is 3.36. The Balaban J connectivity index is 2.31. The van der Waals surface area contributed by atoms with Gasteiger partial charge in [-0.25, -0.2) is 0 Å². The minimum atomic E-state index is 0.282. The van der Waals surface area contributed by atoms with E-state index in [0.717, 1.165) is 16.1 Å². The predicted octanol–water partition coefficient (Wildman–Crippen LogP) is 2.51. The van der Waals surface area contributed by atoms with Gasteiger partial charge in [-0.05, 0) is 34.8 Å². The van der Waals surface area contributed by atoms with E-state index in [4.69, 9.17) is 10.5 Å². The smallest absolute Gasteiger partial charge is 0.188 e. The van der Waals surface area contributed by atoms with Gasteiger partial charge in [-0.1, -0.05) is 0 Å². The molecule has 1 saturated carbocycles. The minimum absolute atomic E-state index is 0.282. The maximum atomic E-state index is 5.75. The van der Waals surface area contributed by atoms with E-state index in [9.17, 15) is 0 Å². The van der Waals surface area contributed by atoms with Crippen LogP contribution in [-0.2, 0) is 5.41 Å². The molecule has 1 aromatic heterocycles. The van der Waals surface area contributed by atoms with Gasteiger partial charge in [0.15, 0.2) is 5.06 Å². The number of methoxy groups -OCH3 is 1. The summed E-state index contributed by atoms with van der Waals surface area (Å²) in [5.74, 6) is 0. The normalized spacial score (nSPS) is 18.7. The number of ether oxygens (including phenoxy) is 1. The van der Waals surface area contributed by atoms with Gasteiger partial charge in [0, 0.05) is 16.8 Å². The highest BCUT2D eigenvalue weighted by Gasteiger charge is 2.44. The molecule has 0 atom stereocenters. The van der Waals surface area contributed by atoms with Crippen LogP contribution in [0.3, 0.4) is 0 Å². The highest BCUT2D eigenvalue weighted by atomic mass is 79.9. The van der Waals surface area contributed by atoms with Gasteiger partial charge >= 0.3 is 0 Å². The van der Waals surface area contributed by atoms with E-state index in [1.165, 1.54) is 17.7 Å². The molecule has 0 bridgehead atoms. The number of nitrogens with two attached hydrogens (primary N) is 1. The molecule has 1 aromatic rings. The zero-order chi connectivity index (χ0) is 9.47. The Labute approximate surface area is 90.2 Å². The molecule has 2 N–H and O–H groups in total. The summed E-state index contributed by atoms with van der Waals surface area (Å²) in [7, 11) is 1.70. The lowest BCUT2D eigenvalue weighted by Crippen LogP contribution is -2.18. The fraction of sp³-hybridized carbons (Fsp3) is 0.556. The first-order valence-electron chi connectivity index (χ1n) is 4.26. The molecule has 0 amide bonds. The van der Waals surface area contributed by atoms with Crippen LogP contribution in [0.4, 0.5) is 0 Å². The average molecular weight is 262 g/mol. The van der Waals surface area contributed by atoms with Gasteiger partial charge in [-0.3, -0.25) is 0 Å². The first kappa shape index (κ1) is 9.49. The molecular formula is C9H12BrNOS. The van der Waals surface area contributed by atoms with Crippen molar-refractivity contribution in [1.82, 2.24) is 0 Å². The van der Waals surface area contributed by atoms with E-state index in [-0.39, 0.29) is 5.41 Å². The summed E-state index contributed by atoms with van der Waals surface area (Å²) in [6, 6.07) is 2.14. The summed E-state index contributed by atoms with van der Waals surface area (Å²) in [5, 5.41) is 0.953. The third-order valence-corrected chi connectivity index (χ3v) is 4.80. The first-order chi connectivity index (χ1) is 6.22. The second-order valence-corrected chi connectivity index (χ2v) is 5.30. The van der Waals surface area contributed by atoms with E-state index < -0.39 is 0 Å². The zero-order valence-electron chi connectivity index (χ0n) is 7.47. The molecule has 0 radical (unpaired) electrons. The van der Waals surface area contributed by atoms with Gasteiger partial charge in [0.05, 0.1) is 11.6 Å². The SMILES string of the molecule is COc1sc(C2(CN)CC2)cc1Br. The second kappa shape index (κ2) is 3.26. The summed E-state index contributed by atoms with van der Waals surface area (Å²) in [6.07, 6.45) is 2.44. The molecule has 0 saturated heterocycles. The van der Waals surface area contributed by atoms with Crippen LogP contribution in [0.15, 0.2) is 10.5 Å². The van der Waals surface area contributed by atoms with E-state index in [0.29, 0.717) is 0 Å². The maximum absolute atomic E-state index is 5.75. The van der Waals surface area contributed by atoms with Crippen molar-refractivity contribution in [1.29, 1.82) is 0 Å². The van der Waals surface area contributed by atoms with Crippen LogP contribution in [-0.4, -0.2) is 13.7 Å². The minimum Gasteiger partial charge on any atom is -0.486 e. The van der Waals surface area contributed by atoms with Crippen molar-refractivity contribution < 1.29 is 4.74 Å². The molecule has 72 valence electrons. The summed E-state index contributed by atoms with van der Waals surface area (Å²) < 4.78 is 6.27. The second-order valence-electron chi connectivity index (χ2n) is 3.43. The Morgan fingerprint density at radius 1 is 1.69 bits per heavy atom. The van der Waals surface area contributed by atoms with E-state index >= 15 is 0 Å². The van der Waals surface area contributed by atoms with Crippen LogP contribution >= 0.6 is 27.3 Å². The van der Waals surface area contributed by atoms with Crippen molar-refractivity contribution in [3.63, 3.8) is 0 Å². The van der Waals surface area contributed by atoms with Crippen LogP contribution < -0.4 is 10.5 Å². The molecule has 13 heavy (non-hydrogen) atoms. The van der Waals surface area contributed by atoms with Crippen LogP contribution in [0.1, 0.15) is 17.7 Å². The molecule has 1 heterocycles. The quantitative estimate of drug-likeness (QED) is 0.908. The Bertz CT molecular complexity index is 319. The van der Waals surface area contributed by atoms with Gasteiger partial charge in [0.2, 0.25) is 0 Å². The lowest BCUT2D eigenvalue weighted by molar-refractivity contribution is 0.425.